The molecule has 0 fully saturated rings. The van der Waals surface area contributed by atoms with E-state index in [9.17, 15) is 30.0 Å². The number of hydrogen-bond donors (Lipinski definition) is 6. The number of amides is 2. The maximum Gasteiger partial charge on any atom is 0.253 e. The third-order valence-corrected chi connectivity index (χ3v) is 8.75. The Hall–Kier alpha value is -0.600. The van der Waals surface area contributed by atoms with Gasteiger partial charge in [-0.15, -0.1) is 0 Å². The number of aliphatic hydroxyl groups is 4. The number of rotatable bonds is 17. The minimum absolute atomic E-state index is 0.106. The number of aliphatic hydroxyl groups excluding tert-OH is 4. The molecule has 0 saturated carbocycles. The van der Waals surface area contributed by atoms with Gasteiger partial charge in [-0.3, -0.25) is 9.59 Å². The molecule has 10 nitrogen and oxygen atoms in total. The van der Waals surface area contributed by atoms with Crippen LogP contribution in [0.1, 0.15) is 54.4 Å². The zero-order valence-corrected chi connectivity index (χ0v) is 23.1. The van der Waals surface area contributed by atoms with Gasteiger partial charge in [0.2, 0.25) is 0 Å². The average Bonchev–Trinajstić information content (AvgIpc) is 2.82. The summed E-state index contributed by atoms with van der Waals surface area (Å²) in [5.74, 6) is -1.04. The van der Waals surface area contributed by atoms with E-state index < -0.39 is 45.6 Å². The molecule has 2 amide bonds. The van der Waals surface area contributed by atoms with Crippen molar-refractivity contribution in [3.05, 3.63) is 0 Å². The molecular weight excluding hydrogens is 480 g/mol. The number of carbonyl (C=O) groups excluding carboxylic acids is 2. The van der Waals surface area contributed by atoms with E-state index >= 15 is 0 Å². The average molecular weight is 527 g/mol. The highest BCUT2D eigenvalue weighted by Gasteiger charge is 2.40. The Morgan fingerprint density at radius 3 is 1.26 bits per heavy atom. The van der Waals surface area contributed by atoms with Crippen LogP contribution in [0, 0.1) is 10.8 Å². The summed E-state index contributed by atoms with van der Waals surface area (Å²) >= 11 is 0. The Morgan fingerprint density at radius 1 is 0.765 bits per heavy atom. The molecule has 8 N–H and O–H groups in total. The third kappa shape index (κ3) is 9.12. The molecule has 0 spiro atoms. The van der Waals surface area contributed by atoms with E-state index in [4.69, 9.17) is 11.5 Å². The van der Waals surface area contributed by atoms with Crippen LogP contribution in [0.15, 0.2) is 0 Å². The summed E-state index contributed by atoms with van der Waals surface area (Å²) in [6.07, 6.45) is -1.52. The van der Waals surface area contributed by atoms with E-state index in [0.29, 0.717) is 25.9 Å². The molecule has 0 aliphatic heterocycles. The van der Waals surface area contributed by atoms with Crippen molar-refractivity contribution in [3.63, 3.8) is 0 Å². The zero-order chi connectivity index (χ0) is 26.7. The highest BCUT2D eigenvalue weighted by Crippen LogP contribution is 2.36. The van der Waals surface area contributed by atoms with Crippen molar-refractivity contribution >= 4 is 33.4 Å². The fourth-order valence-corrected chi connectivity index (χ4v) is 5.90. The van der Waals surface area contributed by atoms with Gasteiger partial charge in [-0.1, -0.05) is 63.1 Å². The van der Waals surface area contributed by atoms with Crippen LogP contribution in [0.4, 0.5) is 0 Å². The highest BCUT2D eigenvalue weighted by molar-refractivity contribution is 8.77. The van der Waals surface area contributed by atoms with E-state index in [1.54, 1.807) is 27.7 Å². The quantitative estimate of drug-likeness (QED) is 0.113. The summed E-state index contributed by atoms with van der Waals surface area (Å²) in [6, 6.07) is 0. The SMILES string of the molecule is CCCN(C(=O)C(O)C(C)(C)CO)C(CN)SSC(CN)N(CCC)C(=O)C(O)C(C)(C)CO. The fraction of sp³-hybridized carbons (Fsp3) is 0.909. The van der Waals surface area contributed by atoms with Crippen molar-refractivity contribution in [3.8, 4) is 0 Å². The van der Waals surface area contributed by atoms with Crippen LogP contribution in [-0.2, 0) is 9.59 Å². The number of nitrogens with two attached hydrogens (primary N) is 2. The summed E-state index contributed by atoms with van der Waals surface area (Å²) in [5, 5.41) is 39.3. The molecule has 12 heteroatoms. The van der Waals surface area contributed by atoms with Crippen molar-refractivity contribution in [2.24, 2.45) is 22.3 Å². The van der Waals surface area contributed by atoms with Crippen molar-refractivity contribution in [1.82, 2.24) is 9.80 Å². The van der Waals surface area contributed by atoms with Crippen LogP contribution in [0.3, 0.4) is 0 Å². The van der Waals surface area contributed by atoms with Crippen LogP contribution >= 0.6 is 21.6 Å². The van der Waals surface area contributed by atoms with E-state index in [1.807, 2.05) is 13.8 Å². The smallest absolute Gasteiger partial charge is 0.253 e. The van der Waals surface area contributed by atoms with Gasteiger partial charge < -0.3 is 41.7 Å². The van der Waals surface area contributed by atoms with Gasteiger partial charge in [0.05, 0.1) is 13.2 Å². The number of carbonyl (C=O) groups is 2. The first-order valence-corrected chi connectivity index (χ1v) is 14.0. The molecule has 4 atom stereocenters. The molecule has 0 rings (SSSR count). The summed E-state index contributed by atoms with van der Waals surface area (Å²) in [5.41, 5.74) is 9.95. The Kier molecular flexibility index (Phi) is 15.2. The van der Waals surface area contributed by atoms with Gasteiger partial charge in [0.15, 0.2) is 0 Å². The monoisotopic (exact) mass is 526 g/mol. The second kappa shape index (κ2) is 15.5. The Balaban J connectivity index is 5.69. The van der Waals surface area contributed by atoms with Crippen LogP contribution in [0.5, 0.6) is 0 Å². The van der Waals surface area contributed by atoms with E-state index in [0.717, 1.165) is 0 Å². The lowest BCUT2D eigenvalue weighted by atomic mass is 9.86. The van der Waals surface area contributed by atoms with Gasteiger partial charge in [0, 0.05) is 37.0 Å². The molecule has 0 aromatic carbocycles. The van der Waals surface area contributed by atoms with Crippen molar-refractivity contribution in [2.45, 2.75) is 77.3 Å². The van der Waals surface area contributed by atoms with Gasteiger partial charge in [0.1, 0.15) is 23.0 Å². The van der Waals surface area contributed by atoms with Crippen LogP contribution < -0.4 is 11.5 Å². The van der Waals surface area contributed by atoms with E-state index in [2.05, 4.69) is 0 Å². The van der Waals surface area contributed by atoms with Crippen LogP contribution in [-0.4, -0.2) is 104 Å². The first-order valence-electron chi connectivity index (χ1n) is 11.7. The summed E-state index contributed by atoms with van der Waals surface area (Å²) in [4.78, 5) is 29.1. The van der Waals surface area contributed by atoms with Gasteiger partial charge in [-0.05, 0) is 12.8 Å². The zero-order valence-electron chi connectivity index (χ0n) is 21.4. The summed E-state index contributed by atoms with van der Waals surface area (Å²) in [6.45, 7) is 10.5. The molecule has 202 valence electrons. The molecule has 0 aliphatic rings. The fourth-order valence-electron chi connectivity index (χ4n) is 2.99. The lowest BCUT2D eigenvalue weighted by Gasteiger charge is -2.38. The number of hydrogen-bond acceptors (Lipinski definition) is 10. The minimum Gasteiger partial charge on any atom is -0.396 e. The van der Waals surface area contributed by atoms with Gasteiger partial charge in [0.25, 0.3) is 11.8 Å². The van der Waals surface area contributed by atoms with Crippen molar-refractivity contribution < 1.29 is 30.0 Å². The van der Waals surface area contributed by atoms with E-state index in [-0.39, 0.29) is 26.3 Å². The molecule has 0 radical (unpaired) electrons. The van der Waals surface area contributed by atoms with Gasteiger partial charge in [-0.2, -0.15) is 0 Å². The maximum atomic E-state index is 13.1. The molecule has 4 unspecified atom stereocenters. The lowest BCUT2D eigenvalue weighted by Crippen LogP contribution is -2.53. The molecule has 34 heavy (non-hydrogen) atoms. The van der Waals surface area contributed by atoms with Crippen LogP contribution in [0.2, 0.25) is 0 Å². The first kappa shape index (κ1) is 33.4. The third-order valence-electron chi connectivity index (χ3n) is 5.63. The minimum atomic E-state index is -1.40. The lowest BCUT2D eigenvalue weighted by molar-refractivity contribution is -0.149. The molecule has 0 saturated heterocycles. The second-order valence-electron chi connectivity index (χ2n) is 9.73. The normalized spacial score (nSPS) is 16.0. The molecule has 0 aromatic heterocycles. The van der Waals surface area contributed by atoms with E-state index in [1.165, 1.54) is 31.4 Å². The van der Waals surface area contributed by atoms with Crippen LogP contribution in [0.25, 0.3) is 0 Å². The van der Waals surface area contributed by atoms with Crippen molar-refractivity contribution in [1.29, 1.82) is 0 Å². The first-order chi connectivity index (χ1) is 15.8. The molecule has 0 heterocycles. The molecule has 0 aromatic rings. The predicted octanol–water partition coefficient (Wildman–Crippen LogP) is 0.173. The summed E-state index contributed by atoms with van der Waals surface area (Å²) < 4.78 is 0. The van der Waals surface area contributed by atoms with Gasteiger partial charge in [-0.25, -0.2) is 0 Å². The largest absolute Gasteiger partial charge is 0.396 e. The van der Waals surface area contributed by atoms with Gasteiger partial charge >= 0.3 is 0 Å². The standard InChI is InChI=1S/C22H46N4O6S2/c1-7-9-25(19(31)17(29)21(3,4)13-27)15(11-23)33-34-16(12-24)26(10-8-2)20(32)18(30)22(5,6)14-28/h15-18,27-30H,7-14,23-24H2,1-6H3. The Bertz CT molecular complexity index is 574. The predicted molar refractivity (Wildman–Crippen MR) is 139 cm³/mol. The molecule has 0 aliphatic carbocycles. The molecule has 0 bridgehead atoms. The second-order valence-corrected chi connectivity index (χ2v) is 12.4. The molecular formula is C22H46N4O6S2. The number of nitrogens with zero attached hydrogens (tertiary/aromatic N) is 2. The summed E-state index contributed by atoms with van der Waals surface area (Å²) in [7, 11) is 2.56. The Labute approximate surface area is 212 Å². The maximum absolute atomic E-state index is 13.1. The topological polar surface area (TPSA) is 174 Å². The Morgan fingerprint density at radius 2 is 1.06 bits per heavy atom. The van der Waals surface area contributed by atoms with Crippen molar-refractivity contribution in [2.75, 3.05) is 39.4 Å². The highest BCUT2D eigenvalue weighted by atomic mass is 33.1.